The van der Waals surface area contributed by atoms with E-state index in [0.29, 0.717) is 0 Å². The van der Waals surface area contributed by atoms with Crippen molar-refractivity contribution >= 4 is 11.9 Å². The first kappa shape index (κ1) is 14.4. The van der Waals surface area contributed by atoms with Crippen LogP contribution < -0.4 is 5.32 Å². The van der Waals surface area contributed by atoms with E-state index in [1.54, 1.807) is 6.92 Å². The van der Waals surface area contributed by atoms with E-state index in [-0.39, 0.29) is 18.6 Å². The number of esters is 1. The van der Waals surface area contributed by atoms with Gasteiger partial charge in [0.25, 0.3) is 0 Å². The van der Waals surface area contributed by atoms with Crippen molar-refractivity contribution in [2.75, 3.05) is 6.61 Å². The van der Waals surface area contributed by atoms with Gasteiger partial charge in [-0.2, -0.15) is 0 Å². The first-order chi connectivity index (χ1) is 9.40. The van der Waals surface area contributed by atoms with Crippen molar-refractivity contribution in [3.8, 4) is 0 Å². The number of ether oxygens (including phenoxy) is 1. The molecule has 20 heavy (non-hydrogen) atoms. The van der Waals surface area contributed by atoms with Gasteiger partial charge in [0, 0.05) is 17.4 Å². The van der Waals surface area contributed by atoms with Crippen molar-refractivity contribution in [1.29, 1.82) is 0 Å². The molecule has 1 N–H and O–H groups in total. The van der Waals surface area contributed by atoms with E-state index < -0.39 is 35.0 Å². The highest BCUT2D eigenvalue weighted by molar-refractivity contribution is 5.91. The minimum absolute atomic E-state index is 0.126. The van der Waals surface area contributed by atoms with E-state index in [0.717, 1.165) is 12.1 Å². The van der Waals surface area contributed by atoms with Gasteiger partial charge in [0.2, 0.25) is 5.91 Å². The van der Waals surface area contributed by atoms with Crippen molar-refractivity contribution in [2.45, 2.75) is 31.7 Å². The van der Waals surface area contributed by atoms with Gasteiger partial charge in [-0.1, -0.05) is 13.0 Å². The molecule has 2 rings (SSSR count). The topological polar surface area (TPSA) is 55.4 Å². The number of hydrogen-bond donors (Lipinski definition) is 1. The van der Waals surface area contributed by atoms with Crippen LogP contribution in [0.2, 0.25) is 0 Å². The second-order valence-corrected chi connectivity index (χ2v) is 4.94. The summed E-state index contributed by atoms with van der Waals surface area (Å²) in [7, 11) is 0. The van der Waals surface area contributed by atoms with Gasteiger partial charge < -0.3 is 10.1 Å². The zero-order valence-corrected chi connectivity index (χ0v) is 11.2. The third-order valence-electron chi connectivity index (χ3n) is 3.53. The molecule has 0 radical (unpaired) electrons. The van der Waals surface area contributed by atoms with Gasteiger partial charge in [0.1, 0.15) is 17.7 Å². The van der Waals surface area contributed by atoms with Crippen molar-refractivity contribution in [3.05, 3.63) is 35.4 Å². The van der Waals surface area contributed by atoms with Crippen LogP contribution in [0.3, 0.4) is 0 Å². The summed E-state index contributed by atoms with van der Waals surface area (Å²) in [5, 5.41) is 2.44. The quantitative estimate of drug-likeness (QED) is 0.859. The largest absolute Gasteiger partial charge is 0.464 e. The normalized spacial score (nSPS) is 25.4. The molecule has 0 saturated carbocycles. The molecule has 6 heteroatoms. The van der Waals surface area contributed by atoms with Crippen molar-refractivity contribution in [1.82, 2.24) is 5.32 Å². The first-order valence-electron chi connectivity index (χ1n) is 6.30. The average Bonchev–Trinajstić information content (AvgIpc) is 2.65. The fourth-order valence-corrected chi connectivity index (χ4v) is 2.63. The number of nitrogens with one attached hydrogen (secondary N) is 1. The van der Waals surface area contributed by atoms with E-state index in [1.807, 2.05) is 0 Å². The van der Waals surface area contributed by atoms with Crippen LogP contribution in [0.5, 0.6) is 0 Å². The zero-order valence-electron chi connectivity index (χ0n) is 11.2. The summed E-state index contributed by atoms with van der Waals surface area (Å²) in [5.41, 5.74) is -1.57. The van der Waals surface area contributed by atoms with Gasteiger partial charge in [-0.15, -0.1) is 0 Å². The first-order valence-corrected chi connectivity index (χ1v) is 6.30. The lowest BCUT2D eigenvalue weighted by Crippen LogP contribution is -2.46. The number of carbonyl (C=O) groups is 2. The van der Waals surface area contributed by atoms with Gasteiger partial charge in [0.05, 0.1) is 6.61 Å². The van der Waals surface area contributed by atoms with Crippen LogP contribution in [-0.4, -0.2) is 24.5 Å². The second kappa shape index (κ2) is 5.19. The predicted octanol–water partition coefficient (Wildman–Crippen LogP) is 1.67. The Morgan fingerprint density at radius 2 is 2.05 bits per heavy atom. The Morgan fingerprint density at radius 3 is 2.60 bits per heavy atom. The highest BCUT2D eigenvalue weighted by Gasteiger charge is 2.51. The number of hydrogen-bond acceptors (Lipinski definition) is 3. The lowest BCUT2D eigenvalue weighted by molar-refractivity contribution is -0.147. The maximum absolute atomic E-state index is 14.0. The van der Waals surface area contributed by atoms with Crippen LogP contribution in [0.1, 0.15) is 25.8 Å². The molecule has 2 atom stereocenters. The van der Waals surface area contributed by atoms with Crippen LogP contribution in [-0.2, 0) is 19.7 Å². The highest BCUT2D eigenvalue weighted by atomic mass is 19.1. The van der Waals surface area contributed by atoms with Crippen LogP contribution in [0.4, 0.5) is 8.78 Å². The van der Waals surface area contributed by atoms with Crippen molar-refractivity contribution < 1.29 is 23.1 Å². The van der Waals surface area contributed by atoms with Crippen LogP contribution in [0.25, 0.3) is 0 Å². The van der Waals surface area contributed by atoms with Gasteiger partial charge in [0.15, 0.2) is 0 Å². The number of rotatable bonds is 3. The molecule has 0 bridgehead atoms. The molecule has 0 aromatic heterocycles. The predicted molar refractivity (Wildman–Crippen MR) is 66.9 cm³/mol. The maximum Gasteiger partial charge on any atom is 0.329 e. The highest BCUT2D eigenvalue weighted by Crippen LogP contribution is 2.39. The Kier molecular flexibility index (Phi) is 3.74. The molecule has 1 aliphatic heterocycles. The molecule has 1 aromatic carbocycles. The molecule has 1 aromatic rings. The van der Waals surface area contributed by atoms with Gasteiger partial charge in [-0.25, -0.2) is 13.6 Å². The number of carbonyl (C=O) groups excluding carboxylic acids is 2. The lowest BCUT2D eigenvalue weighted by Gasteiger charge is -2.29. The molecule has 1 fully saturated rings. The Bertz CT molecular complexity index is 541. The summed E-state index contributed by atoms with van der Waals surface area (Å²) in [5.74, 6) is -2.69. The van der Waals surface area contributed by atoms with Gasteiger partial charge in [-0.05, 0) is 19.1 Å². The van der Waals surface area contributed by atoms with Gasteiger partial charge in [-0.3, -0.25) is 4.79 Å². The Balaban J connectivity index is 2.50. The van der Waals surface area contributed by atoms with Gasteiger partial charge >= 0.3 is 5.97 Å². The summed E-state index contributed by atoms with van der Waals surface area (Å²) in [6.07, 6.45) is -0.172. The summed E-state index contributed by atoms with van der Waals surface area (Å²) >= 11 is 0. The Labute approximate surface area is 115 Å². The molecule has 0 aliphatic carbocycles. The Hall–Kier alpha value is -1.98. The number of halogens is 2. The van der Waals surface area contributed by atoms with E-state index in [4.69, 9.17) is 4.74 Å². The number of amides is 1. The van der Waals surface area contributed by atoms with E-state index in [9.17, 15) is 18.4 Å². The zero-order chi connectivity index (χ0) is 14.9. The third-order valence-corrected chi connectivity index (χ3v) is 3.53. The molecular formula is C14H15F2NO3. The van der Waals surface area contributed by atoms with Crippen molar-refractivity contribution in [2.24, 2.45) is 0 Å². The fraction of sp³-hybridized carbons (Fsp3) is 0.429. The molecule has 0 spiro atoms. The minimum atomic E-state index is -1.31. The smallest absolute Gasteiger partial charge is 0.329 e. The molecular weight excluding hydrogens is 268 g/mol. The molecule has 1 amide bonds. The van der Waals surface area contributed by atoms with Crippen molar-refractivity contribution in [3.63, 3.8) is 0 Å². The minimum Gasteiger partial charge on any atom is -0.464 e. The summed E-state index contributed by atoms with van der Waals surface area (Å²) in [6.45, 7) is 3.23. The number of benzene rings is 1. The molecule has 1 aliphatic rings. The lowest BCUT2D eigenvalue weighted by atomic mass is 9.75. The van der Waals surface area contributed by atoms with Crippen LogP contribution >= 0.6 is 0 Å². The summed E-state index contributed by atoms with van der Waals surface area (Å²) in [6, 6.07) is 2.35. The van der Waals surface area contributed by atoms with Crippen LogP contribution in [0, 0.1) is 11.6 Å². The van der Waals surface area contributed by atoms with E-state index >= 15 is 0 Å². The van der Waals surface area contributed by atoms with Crippen LogP contribution in [0.15, 0.2) is 18.2 Å². The third kappa shape index (κ3) is 2.26. The average molecular weight is 283 g/mol. The molecule has 108 valence electrons. The SMILES string of the molecule is CCOC(=O)C1NC(=O)CC1(C)c1c(F)cccc1F. The van der Waals surface area contributed by atoms with E-state index in [1.165, 1.54) is 13.0 Å². The second-order valence-electron chi connectivity index (χ2n) is 4.94. The monoisotopic (exact) mass is 283 g/mol. The summed E-state index contributed by atoms with van der Waals surface area (Å²) in [4.78, 5) is 23.5. The van der Waals surface area contributed by atoms with E-state index in [2.05, 4.69) is 5.32 Å². The standard InChI is InChI=1S/C14H15F2NO3/c1-3-20-13(19)12-14(2,7-10(18)17-12)11-8(15)5-4-6-9(11)16/h4-6,12H,3,7H2,1-2H3,(H,17,18). The molecule has 1 saturated heterocycles. The molecule has 1 heterocycles. The summed E-state index contributed by atoms with van der Waals surface area (Å²) < 4.78 is 32.8. The Morgan fingerprint density at radius 1 is 1.45 bits per heavy atom. The molecule has 2 unspecified atom stereocenters. The fourth-order valence-electron chi connectivity index (χ4n) is 2.63. The maximum atomic E-state index is 14.0. The molecule has 4 nitrogen and oxygen atoms in total.